The van der Waals surface area contributed by atoms with Crippen LogP contribution in [0.2, 0.25) is 0 Å². The van der Waals surface area contributed by atoms with Gasteiger partial charge in [-0.05, 0) is 32.1 Å². The van der Waals surface area contributed by atoms with Crippen molar-refractivity contribution in [3.63, 3.8) is 0 Å². The summed E-state index contributed by atoms with van der Waals surface area (Å²) in [5.41, 5.74) is 1.76. The summed E-state index contributed by atoms with van der Waals surface area (Å²) in [6.45, 7) is 7.16. The van der Waals surface area contributed by atoms with Crippen LogP contribution in [-0.4, -0.2) is 46.7 Å². The summed E-state index contributed by atoms with van der Waals surface area (Å²) >= 11 is 0. The van der Waals surface area contributed by atoms with Crippen molar-refractivity contribution in [1.29, 1.82) is 0 Å². The van der Waals surface area contributed by atoms with Crippen LogP contribution in [0.5, 0.6) is 0 Å². The third kappa shape index (κ3) is 2.18. The third-order valence-corrected chi connectivity index (χ3v) is 6.06. The van der Waals surface area contributed by atoms with E-state index in [0.717, 1.165) is 19.3 Å². The molecule has 5 nitrogen and oxygen atoms in total. The molecule has 24 heavy (non-hydrogen) atoms. The zero-order chi connectivity index (χ0) is 17.1. The number of nitrogens with zero attached hydrogens (tertiary/aromatic N) is 1. The molecule has 2 bridgehead atoms. The van der Waals surface area contributed by atoms with Crippen LogP contribution in [0.4, 0.5) is 0 Å². The molecule has 1 aliphatic carbocycles. The average molecular weight is 329 g/mol. The van der Waals surface area contributed by atoms with Gasteiger partial charge in [0.05, 0.1) is 18.6 Å². The lowest BCUT2D eigenvalue weighted by molar-refractivity contribution is -0.148. The fraction of sp³-hybridized carbons (Fsp3) is 0.579. The Labute approximate surface area is 141 Å². The maximum atomic E-state index is 12.8. The number of amides is 1. The molecule has 0 saturated carbocycles. The highest BCUT2D eigenvalue weighted by molar-refractivity contribution is 5.90. The van der Waals surface area contributed by atoms with Crippen molar-refractivity contribution in [1.82, 2.24) is 4.90 Å². The lowest BCUT2D eigenvalue weighted by atomic mass is 9.77. The monoisotopic (exact) mass is 329 g/mol. The number of hydrogen-bond donors (Lipinski definition) is 1. The molecule has 5 heteroatoms. The molecule has 2 saturated heterocycles. The molecule has 5 atom stereocenters. The van der Waals surface area contributed by atoms with Gasteiger partial charge in [0.1, 0.15) is 11.5 Å². The molecule has 0 aromatic carbocycles. The Kier molecular flexibility index (Phi) is 3.46. The zero-order valence-electron chi connectivity index (χ0n) is 13.9. The van der Waals surface area contributed by atoms with Crippen LogP contribution in [-0.2, 0) is 14.3 Å². The van der Waals surface area contributed by atoms with Gasteiger partial charge >= 0.3 is 5.97 Å². The van der Waals surface area contributed by atoms with Crippen LogP contribution >= 0.6 is 0 Å². The van der Waals surface area contributed by atoms with Crippen LogP contribution in [0.3, 0.4) is 0 Å². The smallest absolute Gasteiger partial charge is 0.310 e. The van der Waals surface area contributed by atoms with E-state index in [1.165, 1.54) is 11.1 Å². The molecular weight excluding hydrogens is 306 g/mol. The number of likely N-dealkylation sites (tertiary alicyclic amines) is 1. The van der Waals surface area contributed by atoms with E-state index in [9.17, 15) is 14.7 Å². The lowest BCUT2D eigenvalue weighted by Gasteiger charge is -2.26. The first-order valence-corrected chi connectivity index (χ1v) is 8.63. The van der Waals surface area contributed by atoms with Gasteiger partial charge in [0.2, 0.25) is 5.91 Å². The Hall–Kier alpha value is -1.88. The van der Waals surface area contributed by atoms with Crippen molar-refractivity contribution >= 4 is 11.9 Å². The number of fused-ring (bicyclic) bond motifs is 1. The summed E-state index contributed by atoms with van der Waals surface area (Å²) in [4.78, 5) is 26.2. The highest BCUT2D eigenvalue weighted by atomic mass is 16.5. The average Bonchev–Trinajstić information content (AvgIpc) is 3.16. The van der Waals surface area contributed by atoms with Crippen molar-refractivity contribution < 1.29 is 19.4 Å². The van der Waals surface area contributed by atoms with Crippen LogP contribution in [0, 0.1) is 17.8 Å². The summed E-state index contributed by atoms with van der Waals surface area (Å²) in [7, 11) is 0. The van der Waals surface area contributed by atoms with Gasteiger partial charge in [-0.1, -0.05) is 36.0 Å². The second kappa shape index (κ2) is 5.31. The molecule has 2 fully saturated rings. The van der Waals surface area contributed by atoms with Gasteiger partial charge in [0, 0.05) is 6.54 Å². The minimum Gasteiger partial charge on any atom is -0.481 e. The predicted octanol–water partition coefficient (Wildman–Crippen LogP) is 2.16. The summed E-state index contributed by atoms with van der Waals surface area (Å²) in [6.07, 6.45) is 8.52. The number of rotatable bonds is 4. The van der Waals surface area contributed by atoms with Crippen molar-refractivity contribution in [2.75, 3.05) is 13.1 Å². The van der Waals surface area contributed by atoms with Crippen molar-refractivity contribution in [3.05, 3.63) is 36.0 Å². The first-order valence-electron chi connectivity index (χ1n) is 8.63. The number of ether oxygens (including phenoxy) is 1. The Balaban J connectivity index is 1.50. The molecule has 4 rings (SSSR count). The summed E-state index contributed by atoms with van der Waals surface area (Å²) < 4.78 is 5.91. The Bertz CT molecular complexity index is 679. The first kappa shape index (κ1) is 15.6. The summed E-state index contributed by atoms with van der Waals surface area (Å²) in [6, 6.07) is 0. The topological polar surface area (TPSA) is 66.8 Å². The molecule has 0 unspecified atom stereocenters. The van der Waals surface area contributed by atoms with E-state index in [1.807, 2.05) is 12.2 Å². The molecule has 4 aliphatic rings. The second-order valence-corrected chi connectivity index (χ2v) is 7.61. The number of carboxylic acid groups (broad SMARTS) is 1. The standard InChI is InChI=1S/C19H23NO4/c1-11(2)13-5-3-12(4-6-13)9-20-10-19-8-7-14(24-19)15(18(22)23)16(19)17(20)21/h3,7-8,13-16H,1,4-6,9-10H2,2H3,(H,22,23)/t13-,14-,15-,16-,19-/m1/s1. The van der Waals surface area contributed by atoms with Gasteiger partial charge in [-0.2, -0.15) is 0 Å². The second-order valence-electron chi connectivity index (χ2n) is 7.61. The van der Waals surface area contributed by atoms with Crippen LogP contribution in [0.25, 0.3) is 0 Å². The number of carbonyl (C=O) groups excluding carboxylic acids is 1. The van der Waals surface area contributed by atoms with Crippen LogP contribution in [0.1, 0.15) is 26.2 Å². The normalized spacial score (nSPS) is 40.0. The minimum atomic E-state index is -0.937. The summed E-state index contributed by atoms with van der Waals surface area (Å²) in [5.74, 6) is -1.79. The Morgan fingerprint density at radius 1 is 1.54 bits per heavy atom. The van der Waals surface area contributed by atoms with Gasteiger partial charge in [0.25, 0.3) is 0 Å². The van der Waals surface area contributed by atoms with Crippen molar-refractivity contribution in [2.45, 2.75) is 37.9 Å². The van der Waals surface area contributed by atoms with Crippen molar-refractivity contribution in [2.24, 2.45) is 17.8 Å². The molecule has 1 amide bonds. The molecular formula is C19H23NO4. The van der Waals surface area contributed by atoms with Gasteiger partial charge in [0.15, 0.2) is 0 Å². The molecule has 1 spiro atoms. The predicted molar refractivity (Wildman–Crippen MR) is 88.2 cm³/mol. The maximum absolute atomic E-state index is 12.8. The van der Waals surface area contributed by atoms with E-state index in [1.54, 1.807) is 4.90 Å². The van der Waals surface area contributed by atoms with E-state index < -0.39 is 29.5 Å². The van der Waals surface area contributed by atoms with Crippen molar-refractivity contribution in [3.8, 4) is 0 Å². The van der Waals surface area contributed by atoms with Gasteiger partial charge in [-0.3, -0.25) is 9.59 Å². The van der Waals surface area contributed by atoms with Crippen LogP contribution in [0.15, 0.2) is 36.0 Å². The highest BCUT2D eigenvalue weighted by Crippen LogP contribution is 2.52. The lowest BCUT2D eigenvalue weighted by Crippen LogP contribution is -2.39. The van der Waals surface area contributed by atoms with Crippen LogP contribution < -0.4 is 0 Å². The molecule has 0 aromatic rings. The van der Waals surface area contributed by atoms with Gasteiger partial charge < -0.3 is 14.7 Å². The molecule has 3 heterocycles. The van der Waals surface area contributed by atoms with Gasteiger partial charge in [-0.15, -0.1) is 0 Å². The largest absolute Gasteiger partial charge is 0.481 e. The SMILES string of the molecule is C=C(C)[C@@H]1CC=C(CN2C[C@@]34C=C[C@@H](O3)[C@@H](C(=O)O)[C@@H]4C2=O)CC1. The minimum absolute atomic E-state index is 0.0721. The molecule has 0 aromatic heterocycles. The molecule has 128 valence electrons. The fourth-order valence-corrected chi connectivity index (χ4v) is 4.72. The van der Waals surface area contributed by atoms with E-state index in [2.05, 4.69) is 19.6 Å². The third-order valence-electron chi connectivity index (χ3n) is 6.06. The Morgan fingerprint density at radius 3 is 2.96 bits per heavy atom. The van der Waals surface area contributed by atoms with E-state index in [4.69, 9.17) is 4.74 Å². The molecule has 3 aliphatic heterocycles. The highest BCUT2D eigenvalue weighted by Gasteiger charge is 2.67. The fourth-order valence-electron chi connectivity index (χ4n) is 4.72. The number of allylic oxidation sites excluding steroid dienone is 2. The quantitative estimate of drug-likeness (QED) is 0.803. The Morgan fingerprint density at radius 2 is 2.33 bits per heavy atom. The molecule has 1 N–H and O–H groups in total. The molecule has 0 radical (unpaired) electrons. The summed E-state index contributed by atoms with van der Waals surface area (Å²) in [5, 5.41) is 9.48. The van der Waals surface area contributed by atoms with E-state index in [0.29, 0.717) is 19.0 Å². The van der Waals surface area contributed by atoms with E-state index >= 15 is 0 Å². The maximum Gasteiger partial charge on any atom is 0.310 e. The van der Waals surface area contributed by atoms with Gasteiger partial charge in [-0.25, -0.2) is 0 Å². The number of carbonyl (C=O) groups is 2. The first-order chi connectivity index (χ1) is 11.4. The number of aliphatic carboxylic acids is 1. The van der Waals surface area contributed by atoms with E-state index in [-0.39, 0.29) is 5.91 Å². The number of carboxylic acids is 1. The number of hydrogen-bond acceptors (Lipinski definition) is 3. The zero-order valence-corrected chi connectivity index (χ0v) is 13.9.